The predicted octanol–water partition coefficient (Wildman–Crippen LogP) is 3.05. The number of benzene rings is 1. The van der Waals surface area contributed by atoms with Crippen LogP contribution in [0.25, 0.3) is 0 Å². The molecular weight excluding hydrogens is 244 g/mol. The van der Waals surface area contributed by atoms with Gasteiger partial charge in [0.05, 0.1) is 4.92 Å². The van der Waals surface area contributed by atoms with E-state index in [0.29, 0.717) is 18.9 Å². The molecular formula is C14H20N2O3. The molecule has 0 unspecified atom stereocenters. The molecule has 0 aromatic heterocycles. The summed E-state index contributed by atoms with van der Waals surface area (Å²) < 4.78 is 5.43. The Balaban J connectivity index is 2.85. The van der Waals surface area contributed by atoms with Crippen molar-refractivity contribution in [3.05, 3.63) is 45.5 Å². The monoisotopic (exact) mass is 264 g/mol. The molecule has 19 heavy (non-hydrogen) atoms. The number of nitro benzene ring substituents is 1. The third-order valence-electron chi connectivity index (χ3n) is 2.53. The highest BCUT2D eigenvalue weighted by atomic mass is 16.6. The maximum Gasteiger partial charge on any atom is 0.311 e. The first-order valence-electron chi connectivity index (χ1n) is 6.28. The molecule has 0 fully saturated rings. The van der Waals surface area contributed by atoms with Crippen molar-refractivity contribution in [3.8, 4) is 5.75 Å². The van der Waals surface area contributed by atoms with E-state index < -0.39 is 4.92 Å². The van der Waals surface area contributed by atoms with Crippen molar-refractivity contribution in [2.24, 2.45) is 0 Å². The number of hydrogen-bond acceptors (Lipinski definition) is 4. The van der Waals surface area contributed by atoms with Crippen LogP contribution in [-0.4, -0.2) is 18.1 Å². The Morgan fingerprint density at radius 3 is 2.79 bits per heavy atom. The SMILES string of the molecule is CCNCc1ccc(OCC=C(C)C)c([N+](=O)[O-])c1. The molecule has 0 radical (unpaired) electrons. The van der Waals surface area contributed by atoms with E-state index in [2.05, 4.69) is 5.32 Å². The van der Waals surface area contributed by atoms with E-state index in [0.717, 1.165) is 17.7 Å². The summed E-state index contributed by atoms with van der Waals surface area (Å²) in [6, 6.07) is 5.05. The van der Waals surface area contributed by atoms with Crippen LogP contribution in [-0.2, 0) is 6.54 Å². The minimum atomic E-state index is -0.409. The Morgan fingerprint density at radius 2 is 2.21 bits per heavy atom. The largest absolute Gasteiger partial charge is 0.483 e. The van der Waals surface area contributed by atoms with Gasteiger partial charge < -0.3 is 10.1 Å². The molecule has 0 amide bonds. The second-order valence-electron chi connectivity index (χ2n) is 4.43. The number of nitrogens with zero attached hydrogens (tertiary/aromatic N) is 1. The molecule has 1 N–H and O–H groups in total. The molecule has 104 valence electrons. The molecule has 0 atom stereocenters. The average molecular weight is 264 g/mol. The van der Waals surface area contributed by atoms with Gasteiger partial charge in [-0.25, -0.2) is 0 Å². The zero-order valence-electron chi connectivity index (χ0n) is 11.6. The molecule has 1 aromatic carbocycles. The van der Waals surface area contributed by atoms with Crippen molar-refractivity contribution in [2.75, 3.05) is 13.2 Å². The summed E-state index contributed by atoms with van der Waals surface area (Å²) in [4.78, 5) is 10.6. The molecule has 1 rings (SSSR count). The summed E-state index contributed by atoms with van der Waals surface area (Å²) in [5, 5.41) is 14.2. The minimum Gasteiger partial charge on any atom is -0.483 e. The molecule has 0 spiro atoms. The molecule has 0 aliphatic heterocycles. The number of nitro groups is 1. The van der Waals surface area contributed by atoms with Gasteiger partial charge in [0.15, 0.2) is 5.75 Å². The summed E-state index contributed by atoms with van der Waals surface area (Å²) in [7, 11) is 0. The molecule has 5 nitrogen and oxygen atoms in total. The van der Waals surface area contributed by atoms with Crippen LogP contribution in [0.15, 0.2) is 29.8 Å². The van der Waals surface area contributed by atoms with Crippen molar-refractivity contribution in [2.45, 2.75) is 27.3 Å². The molecule has 0 aliphatic carbocycles. The summed E-state index contributed by atoms with van der Waals surface area (Å²) >= 11 is 0. The van der Waals surface area contributed by atoms with E-state index >= 15 is 0 Å². The summed E-state index contributed by atoms with van der Waals surface area (Å²) in [5.41, 5.74) is 2.01. The Bertz CT molecular complexity index is 466. The van der Waals surface area contributed by atoms with E-state index in [1.807, 2.05) is 32.9 Å². The fourth-order valence-corrected chi connectivity index (χ4v) is 1.51. The number of rotatable bonds is 7. The van der Waals surface area contributed by atoms with E-state index in [4.69, 9.17) is 4.74 Å². The first kappa shape index (κ1) is 15.2. The fraction of sp³-hybridized carbons (Fsp3) is 0.429. The standard InChI is InChI=1S/C14H20N2O3/c1-4-15-10-12-5-6-14(13(9-12)16(17)18)19-8-7-11(2)3/h5-7,9,15H,4,8,10H2,1-3H3. The van der Waals surface area contributed by atoms with Crippen molar-refractivity contribution in [3.63, 3.8) is 0 Å². The zero-order chi connectivity index (χ0) is 14.3. The highest BCUT2D eigenvalue weighted by Crippen LogP contribution is 2.28. The van der Waals surface area contributed by atoms with E-state index in [-0.39, 0.29) is 5.69 Å². The van der Waals surface area contributed by atoms with Crippen molar-refractivity contribution >= 4 is 5.69 Å². The van der Waals surface area contributed by atoms with Crippen LogP contribution in [0.1, 0.15) is 26.3 Å². The number of hydrogen-bond donors (Lipinski definition) is 1. The lowest BCUT2D eigenvalue weighted by atomic mass is 10.2. The Kier molecular flexibility index (Phi) is 6.02. The first-order chi connectivity index (χ1) is 9.04. The average Bonchev–Trinajstić information content (AvgIpc) is 2.36. The number of nitrogens with one attached hydrogen (secondary N) is 1. The van der Waals surface area contributed by atoms with Gasteiger partial charge in [-0.05, 0) is 38.1 Å². The van der Waals surface area contributed by atoms with Crippen LogP contribution in [0.4, 0.5) is 5.69 Å². The second kappa shape index (κ2) is 7.53. The van der Waals surface area contributed by atoms with Gasteiger partial charge in [-0.2, -0.15) is 0 Å². The third kappa shape index (κ3) is 5.09. The number of ether oxygens (including phenoxy) is 1. The normalized spacial score (nSPS) is 10.1. The molecule has 0 bridgehead atoms. The van der Waals surface area contributed by atoms with Crippen molar-refractivity contribution < 1.29 is 9.66 Å². The van der Waals surface area contributed by atoms with Gasteiger partial charge in [0, 0.05) is 12.6 Å². The molecule has 0 saturated heterocycles. The van der Waals surface area contributed by atoms with Gasteiger partial charge in [0.25, 0.3) is 0 Å². The van der Waals surface area contributed by atoms with Gasteiger partial charge in [-0.1, -0.05) is 18.6 Å². The lowest BCUT2D eigenvalue weighted by Crippen LogP contribution is -2.12. The topological polar surface area (TPSA) is 64.4 Å². The lowest BCUT2D eigenvalue weighted by molar-refractivity contribution is -0.385. The maximum atomic E-state index is 11.0. The maximum absolute atomic E-state index is 11.0. The molecule has 5 heteroatoms. The first-order valence-corrected chi connectivity index (χ1v) is 6.28. The van der Waals surface area contributed by atoms with E-state index in [1.54, 1.807) is 12.1 Å². The van der Waals surface area contributed by atoms with Crippen LogP contribution in [0, 0.1) is 10.1 Å². The minimum absolute atomic E-state index is 0.0116. The zero-order valence-corrected chi connectivity index (χ0v) is 11.6. The molecule has 0 heterocycles. The molecule has 0 aliphatic rings. The molecule has 0 saturated carbocycles. The van der Waals surface area contributed by atoms with Gasteiger partial charge in [-0.3, -0.25) is 10.1 Å². The lowest BCUT2D eigenvalue weighted by Gasteiger charge is -2.07. The van der Waals surface area contributed by atoms with Crippen LogP contribution in [0.2, 0.25) is 0 Å². The van der Waals surface area contributed by atoms with Crippen LogP contribution >= 0.6 is 0 Å². The highest BCUT2D eigenvalue weighted by molar-refractivity contribution is 5.48. The van der Waals surface area contributed by atoms with Gasteiger partial charge in [0.1, 0.15) is 6.61 Å². The van der Waals surface area contributed by atoms with E-state index in [1.165, 1.54) is 0 Å². The summed E-state index contributed by atoms with van der Waals surface area (Å²) in [6.07, 6.45) is 1.89. The quantitative estimate of drug-likeness (QED) is 0.467. The van der Waals surface area contributed by atoms with Crippen molar-refractivity contribution in [1.82, 2.24) is 5.32 Å². The number of allylic oxidation sites excluding steroid dienone is 1. The fourth-order valence-electron chi connectivity index (χ4n) is 1.51. The highest BCUT2D eigenvalue weighted by Gasteiger charge is 2.15. The molecule has 1 aromatic rings. The van der Waals surface area contributed by atoms with Crippen LogP contribution in [0.3, 0.4) is 0 Å². The van der Waals surface area contributed by atoms with Crippen molar-refractivity contribution in [1.29, 1.82) is 0 Å². The van der Waals surface area contributed by atoms with Crippen LogP contribution in [0.5, 0.6) is 5.75 Å². The predicted molar refractivity (Wildman–Crippen MR) is 75.4 cm³/mol. The van der Waals surface area contributed by atoms with Gasteiger partial charge >= 0.3 is 5.69 Å². The second-order valence-corrected chi connectivity index (χ2v) is 4.43. The smallest absolute Gasteiger partial charge is 0.311 e. The van der Waals surface area contributed by atoms with Gasteiger partial charge in [0.2, 0.25) is 0 Å². The van der Waals surface area contributed by atoms with Gasteiger partial charge in [-0.15, -0.1) is 0 Å². The Morgan fingerprint density at radius 1 is 1.47 bits per heavy atom. The van der Waals surface area contributed by atoms with E-state index in [9.17, 15) is 10.1 Å². The summed E-state index contributed by atoms with van der Waals surface area (Å²) in [6.45, 7) is 7.69. The summed E-state index contributed by atoms with van der Waals surface area (Å²) in [5.74, 6) is 0.308. The van der Waals surface area contributed by atoms with Crippen LogP contribution < -0.4 is 10.1 Å². The third-order valence-corrected chi connectivity index (χ3v) is 2.53. The Hall–Kier alpha value is -1.88. The Labute approximate surface area is 113 Å².